The predicted molar refractivity (Wildman–Crippen MR) is 184 cm³/mol. The van der Waals surface area contributed by atoms with Gasteiger partial charge in [-0.05, 0) is 57.6 Å². The molecule has 6 aromatic rings. The van der Waals surface area contributed by atoms with Gasteiger partial charge in [-0.25, -0.2) is 0 Å². The van der Waals surface area contributed by atoms with Gasteiger partial charge in [-0.1, -0.05) is 146 Å². The molecule has 0 bridgehead atoms. The summed E-state index contributed by atoms with van der Waals surface area (Å²) in [5.74, 6) is 1.56. The molecule has 230 valence electrons. The molecular weight excluding hydrogens is 566 g/mol. The quantitative estimate of drug-likeness (QED) is 0.135. The number of hydrogen-bond donors (Lipinski definition) is 1. The lowest BCUT2D eigenvalue weighted by Crippen LogP contribution is -2.49. The summed E-state index contributed by atoms with van der Waals surface area (Å²) in [5, 5.41) is 11.5. The summed E-state index contributed by atoms with van der Waals surface area (Å²) in [6, 6.07) is 57.5. The summed E-state index contributed by atoms with van der Waals surface area (Å²) in [5.41, 5.74) is 5.66. The van der Waals surface area contributed by atoms with E-state index in [0.717, 1.165) is 33.8 Å². The molecule has 0 unspecified atom stereocenters. The predicted octanol–water partition coefficient (Wildman–Crippen LogP) is 8.78. The van der Waals surface area contributed by atoms with Gasteiger partial charge in [0.05, 0.1) is 12.1 Å². The highest BCUT2D eigenvalue weighted by Gasteiger charge is 2.40. The first-order valence-corrected chi connectivity index (χ1v) is 15.7. The summed E-state index contributed by atoms with van der Waals surface area (Å²) in [6.45, 7) is 2.12. The summed E-state index contributed by atoms with van der Waals surface area (Å²) in [6.07, 6.45) is 0. The maximum absolute atomic E-state index is 11.5. The third-order valence-electron chi connectivity index (χ3n) is 8.36. The minimum absolute atomic E-state index is 0.124. The highest BCUT2D eigenvalue weighted by Crippen LogP contribution is 2.39. The largest absolute Gasteiger partial charge is 0.489 e. The van der Waals surface area contributed by atoms with Crippen LogP contribution in [0.15, 0.2) is 170 Å². The monoisotopic (exact) mass is 605 g/mol. The molecule has 0 atom stereocenters. The Hall–Kier alpha value is -5.16. The highest BCUT2D eigenvalue weighted by atomic mass is 16.5. The second-order valence-corrected chi connectivity index (χ2v) is 11.4. The Balaban J connectivity index is 1.37. The number of ether oxygens (including phenoxy) is 2. The zero-order chi connectivity index (χ0) is 31.4. The van der Waals surface area contributed by atoms with Crippen molar-refractivity contribution in [3.63, 3.8) is 0 Å². The molecule has 6 rings (SSSR count). The topological polar surface area (TPSA) is 41.9 Å². The van der Waals surface area contributed by atoms with Crippen molar-refractivity contribution in [1.29, 1.82) is 0 Å². The first kappa shape index (κ1) is 30.8. The SMILES string of the molecule is OCC(c1ccc(OCc2ccccc2)cc1)(c1ccc(OCc2ccccc2)cc1)N(Cc1ccccc1)Cc1ccccc1. The maximum atomic E-state index is 11.5. The van der Waals surface area contributed by atoms with Crippen LogP contribution in [0.3, 0.4) is 0 Å². The zero-order valence-corrected chi connectivity index (χ0v) is 25.9. The number of benzene rings is 6. The molecule has 0 aliphatic carbocycles. The fourth-order valence-corrected chi connectivity index (χ4v) is 5.88. The third-order valence-corrected chi connectivity index (χ3v) is 8.36. The van der Waals surface area contributed by atoms with Crippen molar-refractivity contribution in [2.75, 3.05) is 6.61 Å². The molecule has 0 spiro atoms. The molecule has 0 aliphatic heterocycles. The van der Waals surface area contributed by atoms with Crippen molar-refractivity contribution in [3.8, 4) is 11.5 Å². The van der Waals surface area contributed by atoms with E-state index in [9.17, 15) is 5.11 Å². The van der Waals surface area contributed by atoms with Gasteiger partial charge in [0.15, 0.2) is 0 Å². The van der Waals surface area contributed by atoms with E-state index >= 15 is 0 Å². The van der Waals surface area contributed by atoms with Crippen LogP contribution in [0.5, 0.6) is 11.5 Å². The molecule has 4 heteroatoms. The maximum Gasteiger partial charge on any atom is 0.119 e. The van der Waals surface area contributed by atoms with E-state index < -0.39 is 5.54 Å². The smallest absolute Gasteiger partial charge is 0.119 e. The normalized spacial score (nSPS) is 11.3. The van der Waals surface area contributed by atoms with Crippen LogP contribution in [0, 0.1) is 0 Å². The van der Waals surface area contributed by atoms with Gasteiger partial charge in [-0.15, -0.1) is 0 Å². The average molecular weight is 606 g/mol. The molecule has 4 nitrogen and oxygen atoms in total. The molecule has 0 aliphatic rings. The number of nitrogens with zero attached hydrogens (tertiary/aromatic N) is 1. The second-order valence-electron chi connectivity index (χ2n) is 11.4. The van der Waals surface area contributed by atoms with Crippen LogP contribution >= 0.6 is 0 Å². The lowest BCUT2D eigenvalue weighted by molar-refractivity contribution is 0.0436. The van der Waals surface area contributed by atoms with Crippen LogP contribution in [-0.4, -0.2) is 16.6 Å². The van der Waals surface area contributed by atoms with Crippen molar-refractivity contribution >= 4 is 0 Å². The van der Waals surface area contributed by atoms with E-state index in [0.29, 0.717) is 26.3 Å². The van der Waals surface area contributed by atoms with E-state index in [1.54, 1.807) is 0 Å². The minimum atomic E-state index is -0.860. The molecular formula is C42H39NO3. The van der Waals surface area contributed by atoms with Gasteiger partial charge in [0.25, 0.3) is 0 Å². The van der Waals surface area contributed by atoms with E-state index in [1.165, 1.54) is 11.1 Å². The molecule has 0 saturated heterocycles. The molecule has 0 radical (unpaired) electrons. The van der Waals surface area contributed by atoms with Crippen LogP contribution in [0.2, 0.25) is 0 Å². The Kier molecular flexibility index (Phi) is 10.2. The number of aliphatic hydroxyl groups excluding tert-OH is 1. The second kappa shape index (κ2) is 15.2. The van der Waals surface area contributed by atoms with Crippen LogP contribution in [0.1, 0.15) is 33.4 Å². The Bertz CT molecular complexity index is 1610. The molecule has 0 heterocycles. The highest BCUT2D eigenvalue weighted by molar-refractivity contribution is 5.44. The first-order chi connectivity index (χ1) is 22.7. The molecule has 0 amide bonds. The zero-order valence-electron chi connectivity index (χ0n) is 25.9. The van der Waals surface area contributed by atoms with E-state index in [1.807, 2.05) is 72.8 Å². The Morgan fingerprint density at radius 3 is 1.07 bits per heavy atom. The molecule has 6 aromatic carbocycles. The summed E-state index contributed by atoms with van der Waals surface area (Å²) in [4.78, 5) is 2.37. The number of hydrogen-bond acceptors (Lipinski definition) is 4. The van der Waals surface area contributed by atoms with Gasteiger partial charge in [0, 0.05) is 13.1 Å². The lowest BCUT2D eigenvalue weighted by atomic mass is 9.81. The standard InChI is InChI=1S/C42H39NO3/c44-33-42(38-21-25-40(26-22-38)45-31-36-17-9-3-10-18-36,39-23-27-41(28-24-39)46-32-37-19-11-4-12-20-37)43(29-34-13-5-1-6-14-34)30-35-15-7-2-8-16-35/h1-28,44H,29-33H2. The first-order valence-electron chi connectivity index (χ1n) is 15.7. The third kappa shape index (κ3) is 7.55. The number of rotatable bonds is 14. The average Bonchev–Trinajstić information content (AvgIpc) is 3.13. The summed E-state index contributed by atoms with van der Waals surface area (Å²) >= 11 is 0. The summed E-state index contributed by atoms with van der Waals surface area (Å²) < 4.78 is 12.3. The Morgan fingerprint density at radius 2 is 0.739 bits per heavy atom. The minimum Gasteiger partial charge on any atom is -0.489 e. The number of aliphatic hydroxyl groups is 1. The Labute approximate surface area is 272 Å². The molecule has 0 saturated carbocycles. The van der Waals surface area contributed by atoms with E-state index in [-0.39, 0.29) is 6.61 Å². The van der Waals surface area contributed by atoms with Crippen molar-refractivity contribution in [2.45, 2.75) is 31.8 Å². The van der Waals surface area contributed by atoms with E-state index in [4.69, 9.17) is 9.47 Å². The van der Waals surface area contributed by atoms with Crippen molar-refractivity contribution in [1.82, 2.24) is 4.90 Å². The van der Waals surface area contributed by atoms with Gasteiger partial charge in [0.1, 0.15) is 24.7 Å². The van der Waals surface area contributed by atoms with E-state index in [2.05, 4.69) is 102 Å². The molecule has 46 heavy (non-hydrogen) atoms. The van der Waals surface area contributed by atoms with Crippen molar-refractivity contribution < 1.29 is 14.6 Å². The fourth-order valence-electron chi connectivity index (χ4n) is 5.88. The van der Waals surface area contributed by atoms with Gasteiger partial charge >= 0.3 is 0 Å². The molecule has 0 aromatic heterocycles. The van der Waals surface area contributed by atoms with Crippen molar-refractivity contribution in [2.24, 2.45) is 0 Å². The molecule has 0 fully saturated rings. The molecule has 1 N–H and O–H groups in total. The van der Waals surface area contributed by atoms with Crippen LogP contribution in [0.4, 0.5) is 0 Å². The lowest BCUT2D eigenvalue weighted by Gasteiger charge is -2.44. The Morgan fingerprint density at radius 1 is 0.413 bits per heavy atom. The van der Waals surface area contributed by atoms with Gasteiger partial charge in [-0.2, -0.15) is 0 Å². The van der Waals surface area contributed by atoms with Gasteiger partial charge < -0.3 is 14.6 Å². The van der Waals surface area contributed by atoms with Gasteiger partial charge in [0.2, 0.25) is 0 Å². The van der Waals surface area contributed by atoms with Crippen molar-refractivity contribution in [3.05, 3.63) is 203 Å². The van der Waals surface area contributed by atoms with Gasteiger partial charge in [-0.3, -0.25) is 4.90 Å². The van der Waals surface area contributed by atoms with Crippen LogP contribution in [-0.2, 0) is 31.8 Å². The van der Waals surface area contributed by atoms with Crippen LogP contribution < -0.4 is 9.47 Å². The fraction of sp³-hybridized carbons (Fsp3) is 0.143. The summed E-state index contributed by atoms with van der Waals surface area (Å²) in [7, 11) is 0. The van der Waals surface area contributed by atoms with Crippen LogP contribution in [0.25, 0.3) is 0 Å².